The van der Waals surface area contributed by atoms with Gasteiger partial charge in [-0.25, -0.2) is 4.98 Å². The average Bonchev–Trinajstić information content (AvgIpc) is 2.63. The quantitative estimate of drug-likeness (QED) is 0.502. The molecule has 0 fully saturated rings. The second kappa shape index (κ2) is 6.06. The maximum Gasteiger partial charge on any atom is 0.191 e. The fourth-order valence-electron chi connectivity index (χ4n) is 2.82. The van der Waals surface area contributed by atoms with E-state index in [9.17, 15) is 4.79 Å². The van der Waals surface area contributed by atoms with Crippen LogP contribution in [0.5, 0.6) is 0 Å². The number of halogens is 1. The smallest absolute Gasteiger partial charge is 0.191 e. The molecular weight excluding hydrogens is 364 g/mol. The number of fused-ring (bicyclic) bond motifs is 1. The van der Waals surface area contributed by atoms with E-state index < -0.39 is 0 Å². The third-order valence-electron chi connectivity index (χ3n) is 3.93. The maximum atomic E-state index is 12.5. The van der Waals surface area contributed by atoms with Crippen LogP contribution in [0, 0.1) is 0 Å². The molecule has 0 N–H and O–H groups in total. The molecule has 0 aliphatic carbocycles. The Morgan fingerprint density at radius 2 is 1.62 bits per heavy atom. The lowest BCUT2D eigenvalue weighted by Gasteiger charge is -2.16. The summed E-state index contributed by atoms with van der Waals surface area (Å²) in [5.74, 6) is 0. The van der Waals surface area contributed by atoms with E-state index in [2.05, 4.69) is 20.9 Å². The van der Waals surface area contributed by atoms with Crippen LogP contribution in [0.3, 0.4) is 0 Å². The lowest BCUT2D eigenvalue weighted by atomic mass is 10.1. The Labute approximate surface area is 147 Å². The molecule has 4 aromatic rings. The highest BCUT2D eigenvalue weighted by molar-refractivity contribution is 9.10. The Kier molecular flexibility index (Phi) is 3.75. The van der Waals surface area contributed by atoms with Crippen LogP contribution in [0.25, 0.3) is 28.0 Å². The van der Waals surface area contributed by atoms with E-state index in [4.69, 9.17) is 0 Å². The SMILES string of the molecule is O=c1cc(-c2ccccc2)n(-c2ccc(Br)cc2)c2ncccc12. The zero-order valence-electron chi connectivity index (χ0n) is 12.7. The monoisotopic (exact) mass is 376 g/mol. The van der Waals surface area contributed by atoms with Crippen molar-refractivity contribution >= 4 is 27.0 Å². The largest absolute Gasteiger partial charge is 0.294 e. The fraction of sp³-hybridized carbons (Fsp3) is 0. The molecule has 0 aliphatic heterocycles. The first-order chi connectivity index (χ1) is 11.7. The van der Waals surface area contributed by atoms with Crippen molar-refractivity contribution in [1.82, 2.24) is 9.55 Å². The van der Waals surface area contributed by atoms with Gasteiger partial charge < -0.3 is 0 Å². The van der Waals surface area contributed by atoms with Gasteiger partial charge in [0.1, 0.15) is 5.65 Å². The topological polar surface area (TPSA) is 34.9 Å². The summed E-state index contributed by atoms with van der Waals surface area (Å²) in [6.45, 7) is 0. The number of hydrogen-bond donors (Lipinski definition) is 0. The lowest BCUT2D eigenvalue weighted by molar-refractivity contribution is 1.07. The highest BCUT2D eigenvalue weighted by atomic mass is 79.9. The van der Waals surface area contributed by atoms with Gasteiger partial charge in [-0.2, -0.15) is 0 Å². The summed E-state index contributed by atoms with van der Waals surface area (Å²) in [4.78, 5) is 17.0. The van der Waals surface area contributed by atoms with Gasteiger partial charge in [-0.05, 0) is 42.0 Å². The molecule has 0 aliphatic rings. The zero-order chi connectivity index (χ0) is 16.5. The Morgan fingerprint density at radius 1 is 0.875 bits per heavy atom. The summed E-state index contributed by atoms with van der Waals surface area (Å²) < 4.78 is 3.03. The van der Waals surface area contributed by atoms with Crippen molar-refractivity contribution in [3.05, 3.63) is 93.7 Å². The van der Waals surface area contributed by atoms with Gasteiger partial charge in [-0.15, -0.1) is 0 Å². The first-order valence-electron chi connectivity index (χ1n) is 7.56. The van der Waals surface area contributed by atoms with Gasteiger partial charge in [0.25, 0.3) is 0 Å². The molecule has 0 saturated heterocycles. The van der Waals surface area contributed by atoms with Gasteiger partial charge >= 0.3 is 0 Å². The molecule has 0 spiro atoms. The Bertz CT molecular complexity index is 1070. The van der Waals surface area contributed by atoms with Crippen molar-refractivity contribution in [3.8, 4) is 16.9 Å². The average molecular weight is 377 g/mol. The van der Waals surface area contributed by atoms with Gasteiger partial charge in [-0.1, -0.05) is 46.3 Å². The van der Waals surface area contributed by atoms with E-state index in [-0.39, 0.29) is 5.43 Å². The Morgan fingerprint density at radius 3 is 2.38 bits per heavy atom. The summed E-state index contributed by atoms with van der Waals surface area (Å²) in [5.41, 5.74) is 3.40. The van der Waals surface area contributed by atoms with Crippen LogP contribution in [0.15, 0.2) is 88.3 Å². The predicted octanol–water partition coefficient (Wildman–Crippen LogP) is 4.82. The molecule has 2 aromatic heterocycles. The predicted molar refractivity (Wildman–Crippen MR) is 100 cm³/mol. The molecule has 0 unspecified atom stereocenters. The molecule has 24 heavy (non-hydrogen) atoms. The minimum atomic E-state index is -0.0229. The highest BCUT2D eigenvalue weighted by Crippen LogP contribution is 2.26. The third-order valence-corrected chi connectivity index (χ3v) is 4.46. The standard InChI is InChI=1S/C20H13BrN2O/c21-15-8-10-16(11-9-15)23-18(14-5-2-1-3-6-14)13-19(24)17-7-4-12-22-20(17)23/h1-13H. The number of hydrogen-bond acceptors (Lipinski definition) is 2. The van der Waals surface area contributed by atoms with Gasteiger partial charge in [-0.3, -0.25) is 9.36 Å². The van der Waals surface area contributed by atoms with E-state index in [1.165, 1.54) is 0 Å². The molecule has 4 rings (SSSR count). The first kappa shape index (κ1) is 14.8. The van der Waals surface area contributed by atoms with Gasteiger partial charge in [0.15, 0.2) is 5.43 Å². The van der Waals surface area contributed by atoms with Crippen molar-refractivity contribution < 1.29 is 0 Å². The van der Waals surface area contributed by atoms with E-state index in [1.54, 1.807) is 18.3 Å². The number of benzene rings is 2. The molecule has 0 radical (unpaired) electrons. The molecule has 0 amide bonds. The molecule has 116 valence electrons. The van der Waals surface area contributed by atoms with E-state index >= 15 is 0 Å². The number of nitrogens with zero attached hydrogens (tertiary/aromatic N) is 2. The first-order valence-corrected chi connectivity index (χ1v) is 8.35. The summed E-state index contributed by atoms with van der Waals surface area (Å²) in [7, 11) is 0. The normalized spacial score (nSPS) is 10.9. The van der Waals surface area contributed by atoms with E-state index in [1.807, 2.05) is 65.2 Å². The molecule has 2 heterocycles. The fourth-order valence-corrected chi connectivity index (χ4v) is 3.09. The molecule has 3 nitrogen and oxygen atoms in total. The summed E-state index contributed by atoms with van der Waals surface area (Å²) in [6, 6.07) is 23.2. The van der Waals surface area contributed by atoms with Crippen LogP contribution in [-0.4, -0.2) is 9.55 Å². The maximum absolute atomic E-state index is 12.5. The third kappa shape index (κ3) is 2.55. The summed E-state index contributed by atoms with van der Waals surface area (Å²) >= 11 is 3.47. The molecular formula is C20H13BrN2O. The Balaban J connectivity index is 2.13. The zero-order valence-corrected chi connectivity index (χ0v) is 14.3. The van der Waals surface area contributed by atoms with Gasteiger partial charge in [0.2, 0.25) is 0 Å². The van der Waals surface area contributed by atoms with Crippen molar-refractivity contribution in [2.24, 2.45) is 0 Å². The molecule has 2 aromatic carbocycles. The highest BCUT2D eigenvalue weighted by Gasteiger charge is 2.13. The minimum absolute atomic E-state index is 0.0229. The minimum Gasteiger partial charge on any atom is -0.294 e. The van der Waals surface area contributed by atoms with E-state index in [0.29, 0.717) is 11.0 Å². The van der Waals surface area contributed by atoms with E-state index in [0.717, 1.165) is 21.4 Å². The van der Waals surface area contributed by atoms with Gasteiger partial charge in [0.05, 0.1) is 11.1 Å². The number of aromatic nitrogens is 2. The van der Waals surface area contributed by atoms with Crippen LogP contribution < -0.4 is 5.43 Å². The second-order valence-corrected chi connectivity index (χ2v) is 6.36. The van der Waals surface area contributed by atoms with Crippen LogP contribution in [0.2, 0.25) is 0 Å². The Hall–Kier alpha value is -2.72. The molecule has 0 bridgehead atoms. The van der Waals surface area contributed by atoms with Crippen LogP contribution in [-0.2, 0) is 0 Å². The molecule has 0 saturated carbocycles. The van der Waals surface area contributed by atoms with Gasteiger partial charge in [0, 0.05) is 22.4 Å². The summed E-state index contributed by atoms with van der Waals surface area (Å²) in [5, 5.41) is 0.611. The van der Waals surface area contributed by atoms with Crippen LogP contribution in [0.4, 0.5) is 0 Å². The van der Waals surface area contributed by atoms with Crippen molar-refractivity contribution in [1.29, 1.82) is 0 Å². The number of rotatable bonds is 2. The second-order valence-electron chi connectivity index (χ2n) is 5.45. The number of pyridine rings is 2. The van der Waals surface area contributed by atoms with Crippen molar-refractivity contribution in [3.63, 3.8) is 0 Å². The summed E-state index contributed by atoms with van der Waals surface area (Å²) in [6.07, 6.45) is 1.71. The molecule has 4 heteroatoms. The lowest BCUT2D eigenvalue weighted by Crippen LogP contribution is -2.11. The van der Waals surface area contributed by atoms with Crippen LogP contribution >= 0.6 is 15.9 Å². The van der Waals surface area contributed by atoms with Crippen LogP contribution in [0.1, 0.15) is 0 Å². The van der Waals surface area contributed by atoms with Crippen molar-refractivity contribution in [2.75, 3.05) is 0 Å². The van der Waals surface area contributed by atoms with Crippen molar-refractivity contribution in [2.45, 2.75) is 0 Å². The molecule has 0 atom stereocenters.